The lowest BCUT2D eigenvalue weighted by Gasteiger charge is -2.27. The van der Waals surface area contributed by atoms with Crippen LogP contribution in [0.25, 0.3) is 31.3 Å². The van der Waals surface area contributed by atoms with E-state index in [1.807, 2.05) is 4.57 Å². The van der Waals surface area contributed by atoms with Crippen molar-refractivity contribution in [3.8, 4) is 0 Å². The van der Waals surface area contributed by atoms with Crippen LogP contribution in [0, 0.1) is 0 Å². The molecule has 2 rings (SSSR count). The minimum Gasteiger partial charge on any atom is -0.462 e. The van der Waals surface area contributed by atoms with Gasteiger partial charge in [-0.05, 0) is 35.5 Å². The molecule has 27 heavy (non-hydrogen) atoms. The molecule has 0 aliphatic carbocycles. The lowest BCUT2D eigenvalue weighted by molar-refractivity contribution is 0.0514. The summed E-state index contributed by atoms with van der Waals surface area (Å²) in [6.45, 7) is 1.07. The minimum atomic E-state index is -0.626. The SMILES string of the molecule is [N-]=[N+]=NCCOC(=O)c1cc(CN=[N+]=[N-])n(C2CCOCC2)c1CN=[N+]=[N-]. The molecule has 0 bridgehead atoms. The molecule has 2 heterocycles. The number of rotatable bonds is 9. The van der Waals surface area contributed by atoms with Crippen molar-refractivity contribution in [2.75, 3.05) is 26.4 Å². The summed E-state index contributed by atoms with van der Waals surface area (Å²) in [5, 5.41) is 10.5. The Bertz CT molecular complexity index is 809. The topological polar surface area (TPSA) is 187 Å². The van der Waals surface area contributed by atoms with Crippen LogP contribution in [0.4, 0.5) is 0 Å². The maximum atomic E-state index is 12.5. The van der Waals surface area contributed by atoms with E-state index in [4.69, 9.17) is 26.1 Å². The fourth-order valence-electron chi connectivity index (χ4n) is 2.99. The molecule has 0 radical (unpaired) electrons. The van der Waals surface area contributed by atoms with Crippen LogP contribution in [0.2, 0.25) is 0 Å². The van der Waals surface area contributed by atoms with Gasteiger partial charge in [-0.25, -0.2) is 4.79 Å². The van der Waals surface area contributed by atoms with Gasteiger partial charge in [0, 0.05) is 45.4 Å². The van der Waals surface area contributed by atoms with E-state index >= 15 is 0 Å². The first-order valence-corrected chi connectivity index (χ1v) is 8.23. The average molecular weight is 374 g/mol. The normalized spacial score (nSPS) is 13.8. The Kier molecular flexibility index (Phi) is 7.83. The van der Waals surface area contributed by atoms with E-state index in [1.54, 1.807) is 6.07 Å². The van der Waals surface area contributed by atoms with Crippen LogP contribution < -0.4 is 0 Å². The molecule has 0 unspecified atom stereocenters. The molecule has 13 nitrogen and oxygen atoms in total. The minimum absolute atomic E-state index is 0.0141. The van der Waals surface area contributed by atoms with Crippen molar-refractivity contribution in [3.63, 3.8) is 0 Å². The molecule has 1 saturated heterocycles. The number of ether oxygens (including phenoxy) is 2. The monoisotopic (exact) mass is 374 g/mol. The van der Waals surface area contributed by atoms with Crippen molar-refractivity contribution in [2.45, 2.75) is 32.0 Å². The highest BCUT2D eigenvalue weighted by molar-refractivity contribution is 5.91. The van der Waals surface area contributed by atoms with Crippen LogP contribution >= 0.6 is 0 Å². The average Bonchev–Trinajstić information content (AvgIpc) is 3.07. The van der Waals surface area contributed by atoms with Gasteiger partial charge in [0.15, 0.2) is 0 Å². The van der Waals surface area contributed by atoms with Gasteiger partial charge in [0.2, 0.25) is 0 Å². The number of nitrogens with zero attached hydrogens (tertiary/aromatic N) is 10. The first-order valence-electron chi connectivity index (χ1n) is 8.23. The summed E-state index contributed by atoms with van der Waals surface area (Å²) in [7, 11) is 0. The molecule has 1 aromatic rings. The Labute approximate surface area is 153 Å². The summed E-state index contributed by atoms with van der Waals surface area (Å²) in [5.41, 5.74) is 27.0. The molecule has 0 spiro atoms. The number of aromatic nitrogens is 1. The molecule has 0 aromatic carbocycles. The van der Waals surface area contributed by atoms with E-state index in [-0.39, 0.29) is 37.8 Å². The van der Waals surface area contributed by atoms with Gasteiger partial charge >= 0.3 is 5.97 Å². The summed E-state index contributed by atoms with van der Waals surface area (Å²) in [4.78, 5) is 20.6. The maximum absolute atomic E-state index is 12.5. The second-order valence-corrected chi connectivity index (χ2v) is 5.58. The number of hydrogen-bond donors (Lipinski definition) is 0. The van der Waals surface area contributed by atoms with Gasteiger partial charge in [0.25, 0.3) is 0 Å². The smallest absolute Gasteiger partial charge is 0.339 e. The molecule has 1 aromatic heterocycles. The lowest BCUT2D eigenvalue weighted by Crippen LogP contribution is -2.23. The quantitative estimate of drug-likeness (QED) is 0.208. The molecule has 0 amide bonds. The van der Waals surface area contributed by atoms with E-state index in [0.29, 0.717) is 37.4 Å². The van der Waals surface area contributed by atoms with Crippen LogP contribution in [-0.4, -0.2) is 36.9 Å². The van der Waals surface area contributed by atoms with Crippen LogP contribution in [0.1, 0.15) is 40.6 Å². The van der Waals surface area contributed by atoms with Gasteiger partial charge in [-0.2, -0.15) is 0 Å². The zero-order valence-corrected chi connectivity index (χ0v) is 14.5. The van der Waals surface area contributed by atoms with E-state index in [9.17, 15) is 4.79 Å². The van der Waals surface area contributed by atoms with E-state index in [2.05, 4.69) is 30.1 Å². The third-order valence-electron chi connectivity index (χ3n) is 4.07. The molecule has 1 aliphatic heterocycles. The largest absolute Gasteiger partial charge is 0.462 e. The zero-order chi connectivity index (χ0) is 19.5. The summed E-state index contributed by atoms with van der Waals surface area (Å²) in [6, 6.07) is 1.61. The van der Waals surface area contributed by atoms with Crippen molar-refractivity contribution in [1.29, 1.82) is 0 Å². The van der Waals surface area contributed by atoms with Gasteiger partial charge in [-0.3, -0.25) is 0 Å². The van der Waals surface area contributed by atoms with Crippen LogP contribution in [0.3, 0.4) is 0 Å². The van der Waals surface area contributed by atoms with Gasteiger partial charge in [0.05, 0.1) is 31.8 Å². The standard InChI is InChI=1S/C14H18N10O3/c15-21-18-3-6-27-14(25)12-7-11(8-19-22-16)24(13(12)9-20-23-17)10-1-4-26-5-2-10/h7,10H,1-6,8-9H2. The van der Waals surface area contributed by atoms with Crippen molar-refractivity contribution >= 4 is 5.97 Å². The van der Waals surface area contributed by atoms with Crippen molar-refractivity contribution in [2.24, 2.45) is 15.3 Å². The van der Waals surface area contributed by atoms with Gasteiger partial charge < -0.3 is 14.0 Å². The number of esters is 1. The number of carbonyl (C=O) groups is 1. The molecule has 0 atom stereocenters. The van der Waals surface area contributed by atoms with Gasteiger partial charge in [0.1, 0.15) is 0 Å². The second-order valence-electron chi connectivity index (χ2n) is 5.58. The molecule has 13 heteroatoms. The fourth-order valence-corrected chi connectivity index (χ4v) is 2.99. The third kappa shape index (κ3) is 5.30. The highest BCUT2D eigenvalue weighted by Crippen LogP contribution is 2.30. The van der Waals surface area contributed by atoms with Crippen molar-refractivity contribution in [3.05, 3.63) is 54.3 Å². The van der Waals surface area contributed by atoms with E-state index < -0.39 is 5.97 Å². The Morgan fingerprint density at radius 2 is 1.81 bits per heavy atom. The molecule has 0 saturated carbocycles. The number of azide groups is 3. The molecule has 1 aliphatic rings. The molecule has 0 N–H and O–H groups in total. The molecule has 142 valence electrons. The Hall–Kier alpha value is -3.36. The van der Waals surface area contributed by atoms with Crippen LogP contribution in [0.5, 0.6) is 0 Å². The van der Waals surface area contributed by atoms with Gasteiger partial charge in [-0.1, -0.05) is 15.3 Å². The summed E-state index contributed by atoms with van der Waals surface area (Å²) < 4.78 is 12.4. The molecular formula is C14H18N10O3. The predicted molar refractivity (Wildman–Crippen MR) is 93.5 cm³/mol. The van der Waals surface area contributed by atoms with Crippen LogP contribution in [0.15, 0.2) is 21.4 Å². The van der Waals surface area contributed by atoms with Crippen molar-refractivity contribution in [1.82, 2.24) is 4.57 Å². The van der Waals surface area contributed by atoms with Crippen LogP contribution in [-0.2, 0) is 22.6 Å². The molecule has 1 fully saturated rings. The Morgan fingerprint density at radius 3 is 2.48 bits per heavy atom. The number of hydrogen-bond acceptors (Lipinski definition) is 6. The Balaban J connectivity index is 2.41. The third-order valence-corrected chi connectivity index (χ3v) is 4.07. The summed E-state index contributed by atoms with van der Waals surface area (Å²) >= 11 is 0. The fraction of sp³-hybridized carbons (Fsp3) is 0.643. The maximum Gasteiger partial charge on any atom is 0.339 e. The number of carbonyl (C=O) groups excluding carboxylic acids is 1. The summed E-state index contributed by atoms with van der Waals surface area (Å²) in [5.74, 6) is -0.626. The summed E-state index contributed by atoms with van der Waals surface area (Å²) in [6.07, 6.45) is 1.43. The molecular weight excluding hydrogens is 356 g/mol. The van der Waals surface area contributed by atoms with E-state index in [1.165, 1.54) is 0 Å². The van der Waals surface area contributed by atoms with E-state index in [0.717, 1.165) is 0 Å². The first kappa shape index (κ1) is 20.0. The second kappa shape index (κ2) is 10.6. The highest BCUT2D eigenvalue weighted by atomic mass is 16.5. The Morgan fingerprint density at radius 1 is 1.15 bits per heavy atom. The van der Waals surface area contributed by atoms with Crippen molar-refractivity contribution < 1.29 is 14.3 Å². The zero-order valence-electron chi connectivity index (χ0n) is 14.5. The van der Waals surface area contributed by atoms with Gasteiger partial charge in [-0.15, -0.1) is 0 Å². The predicted octanol–water partition coefficient (Wildman–Crippen LogP) is 3.93. The first-order chi connectivity index (χ1) is 13.2. The lowest BCUT2D eigenvalue weighted by atomic mass is 10.1. The highest BCUT2D eigenvalue weighted by Gasteiger charge is 2.26.